The second kappa shape index (κ2) is 7.69. The summed E-state index contributed by atoms with van der Waals surface area (Å²) in [6.07, 6.45) is -4.34. The van der Waals surface area contributed by atoms with Crippen molar-refractivity contribution in [2.75, 3.05) is 5.32 Å². The molecule has 0 saturated carbocycles. The fourth-order valence-electron chi connectivity index (χ4n) is 2.21. The van der Waals surface area contributed by atoms with Crippen LogP contribution in [0.1, 0.15) is 36.3 Å². The van der Waals surface area contributed by atoms with E-state index in [4.69, 9.17) is 4.42 Å². The Morgan fingerprint density at radius 3 is 2.64 bits per heavy atom. The van der Waals surface area contributed by atoms with Crippen molar-refractivity contribution in [3.05, 3.63) is 47.2 Å². The van der Waals surface area contributed by atoms with Crippen molar-refractivity contribution >= 4 is 11.6 Å². The molecule has 0 bridgehead atoms. The van der Waals surface area contributed by atoms with Crippen LogP contribution in [0.25, 0.3) is 0 Å². The molecule has 0 saturated heterocycles. The smallest absolute Gasteiger partial charge is 0.416 e. The standard InChI is InChI=1S/C17H20F3N3O2/c1-10(21-9-16-22-11(2)12(3)25-16)7-15(24)23-14-6-4-5-13(8-14)17(18,19)20/h4-6,8,10,21H,7,9H2,1-3H3,(H,23,24)/t10-/m0/s1. The van der Waals surface area contributed by atoms with Crippen molar-refractivity contribution in [3.63, 3.8) is 0 Å². The number of nitrogens with one attached hydrogen (secondary N) is 2. The number of anilines is 1. The van der Waals surface area contributed by atoms with Gasteiger partial charge in [0, 0.05) is 18.2 Å². The van der Waals surface area contributed by atoms with Gasteiger partial charge in [0.05, 0.1) is 17.8 Å². The fourth-order valence-corrected chi connectivity index (χ4v) is 2.21. The van der Waals surface area contributed by atoms with Crippen molar-refractivity contribution in [1.82, 2.24) is 10.3 Å². The van der Waals surface area contributed by atoms with Gasteiger partial charge < -0.3 is 15.1 Å². The first-order valence-corrected chi connectivity index (χ1v) is 7.78. The number of hydrogen-bond acceptors (Lipinski definition) is 4. The Kier molecular flexibility index (Phi) is 5.84. The van der Waals surface area contributed by atoms with Gasteiger partial charge in [0.2, 0.25) is 11.8 Å². The number of halogens is 3. The van der Waals surface area contributed by atoms with Gasteiger partial charge in [0.25, 0.3) is 0 Å². The Labute approximate surface area is 143 Å². The van der Waals surface area contributed by atoms with Gasteiger partial charge in [-0.25, -0.2) is 4.98 Å². The Morgan fingerprint density at radius 1 is 1.32 bits per heavy atom. The second-order valence-electron chi connectivity index (χ2n) is 5.86. The molecule has 5 nitrogen and oxygen atoms in total. The van der Waals surface area contributed by atoms with Crippen LogP contribution in [-0.4, -0.2) is 16.9 Å². The lowest BCUT2D eigenvalue weighted by atomic mass is 10.2. The zero-order chi connectivity index (χ0) is 18.6. The number of nitrogens with zero attached hydrogens (tertiary/aromatic N) is 1. The van der Waals surface area contributed by atoms with Crippen molar-refractivity contribution in [2.45, 2.75) is 46.0 Å². The molecule has 0 spiro atoms. The van der Waals surface area contributed by atoms with Gasteiger partial charge in [-0.3, -0.25) is 4.79 Å². The average molecular weight is 355 g/mol. The maximum Gasteiger partial charge on any atom is 0.416 e. The highest BCUT2D eigenvalue weighted by Crippen LogP contribution is 2.30. The van der Waals surface area contributed by atoms with Crippen LogP contribution in [0.2, 0.25) is 0 Å². The average Bonchev–Trinajstić information content (AvgIpc) is 2.83. The summed E-state index contributed by atoms with van der Waals surface area (Å²) < 4.78 is 43.4. The highest BCUT2D eigenvalue weighted by atomic mass is 19.4. The summed E-state index contributed by atoms with van der Waals surface area (Å²) in [4.78, 5) is 16.2. The minimum Gasteiger partial charge on any atom is -0.444 e. The minimum absolute atomic E-state index is 0.106. The molecule has 0 fully saturated rings. The van der Waals surface area contributed by atoms with Crippen LogP contribution in [-0.2, 0) is 17.5 Å². The molecule has 0 aliphatic heterocycles. The molecule has 0 unspecified atom stereocenters. The van der Waals surface area contributed by atoms with Crippen LogP contribution < -0.4 is 10.6 Å². The molecule has 1 atom stereocenters. The molecule has 2 aromatic rings. The number of aromatic nitrogens is 1. The number of oxazole rings is 1. The second-order valence-corrected chi connectivity index (χ2v) is 5.86. The van der Waals surface area contributed by atoms with Crippen LogP contribution >= 0.6 is 0 Å². The van der Waals surface area contributed by atoms with Crippen molar-refractivity contribution in [3.8, 4) is 0 Å². The van der Waals surface area contributed by atoms with Crippen LogP contribution in [0.15, 0.2) is 28.7 Å². The molecular formula is C17H20F3N3O2. The fraction of sp³-hybridized carbons (Fsp3) is 0.412. The first-order valence-electron chi connectivity index (χ1n) is 7.78. The molecule has 8 heteroatoms. The predicted molar refractivity (Wildman–Crippen MR) is 87.0 cm³/mol. The number of carbonyl (C=O) groups is 1. The summed E-state index contributed by atoms with van der Waals surface area (Å²) in [6.45, 7) is 5.83. The summed E-state index contributed by atoms with van der Waals surface area (Å²) in [6, 6.07) is 4.35. The summed E-state index contributed by atoms with van der Waals surface area (Å²) in [5, 5.41) is 5.57. The summed E-state index contributed by atoms with van der Waals surface area (Å²) >= 11 is 0. The van der Waals surface area contributed by atoms with Gasteiger partial charge >= 0.3 is 6.18 Å². The van der Waals surface area contributed by atoms with Gasteiger partial charge in [0.1, 0.15) is 5.76 Å². The lowest BCUT2D eigenvalue weighted by molar-refractivity contribution is -0.137. The van der Waals surface area contributed by atoms with E-state index in [-0.39, 0.29) is 24.1 Å². The van der Waals surface area contributed by atoms with Crippen LogP contribution in [0, 0.1) is 13.8 Å². The summed E-state index contributed by atoms with van der Waals surface area (Å²) in [5.74, 6) is 0.894. The number of carbonyl (C=O) groups excluding carboxylic acids is 1. The third kappa shape index (κ3) is 5.60. The van der Waals surface area contributed by atoms with E-state index in [9.17, 15) is 18.0 Å². The summed E-state index contributed by atoms with van der Waals surface area (Å²) in [5.41, 5.74) is 0.129. The SMILES string of the molecule is Cc1nc(CN[C@@H](C)CC(=O)Nc2cccc(C(F)(F)F)c2)oc1C. The number of hydrogen-bond donors (Lipinski definition) is 2. The van der Waals surface area contributed by atoms with E-state index >= 15 is 0 Å². The minimum atomic E-state index is -4.44. The predicted octanol–water partition coefficient (Wildman–Crippen LogP) is 3.82. The van der Waals surface area contributed by atoms with Crippen molar-refractivity contribution < 1.29 is 22.4 Å². The Hall–Kier alpha value is -2.35. The van der Waals surface area contributed by atoms with Crippen LogP contribution in [0.5, 0.6) is 0 Å². The zero-order valence-electron chi connectivity index (χ0n) is 14.2. The van der Waals surface area contributed by atoms with Crippen LogP contribution in [0.3, 0.4) is 0 Å². The molecule has 0 radical (unpaired) electrons. The topological polar surface area (TPSA) is 67.2 Å². The van der Waals surface area contributed by atoms with E-state index in [1.165, 1.54) is 12.1 Å². The molecule has 0 aliphatic carbocycles. The van der Waals surface area contributed by atoms with E-state index in [2.05, 4.69) is 15.6 Å². The third-order valence-corrected chi connectivity index (χ3v) is 3.64. The lowest BCUT2D eigenvalue weighted by Gasteiger charge is -2.13. The third-order valence-electron chi connectivity index (χ3n) is 3.64. The first-order chi connectivity index (χ1) is 11.6. The molecule has 1 aromatic carbocycles. The first kappa shape index (κ1) is 19.0. The highest BCUT2D eigenvalue weighted by Gasteiger charge is 2.30. The van der Waals surface area contributed by atoms with Gasteiger partial charge in [-0.1, -0.05) is 6.07 Å². The van der Waals surface area contributed by atoms with E-state index in [1.807, 2.05) is 13.8 Å². The largest absolute Gasteiger partial charge is 0.444 e. The molecular weight excluding hydrogens is 335 g/mol. The summed E-state index contributed by atoms with van der Waals surface area (Å²) in [7, 11) is 0. The molecule has 2 rings (SSSR count). The van der Waals surface area contributed by atoms with Crippen molar-refractivity contribution in [1.29, 1.82) is 0 Å². The van der Waals surface area contributed by atoms with Gasteiger partial charge in [-0.05, 0) is 39.0 Å². The monoisotopic (exact) mass is 355 g/mol. The Morgan fingerprint density at radius 2 is 2.04 bits per heavy atom. The van der Waals surface area contributed by atoms with Gasteiger partial charge in [0.15, 0.2) is 0 Å². The molecule has 1 amide bonds. The number of aryl methyl sites for hydroxylation is 2. The molecule has 25 heavy (non-hydrogen) atoms. The number of benzene rings is 1. The van der Waals surface area contributed by atoms with Gasteiger partial charge in [-0.15, -0.1) is 0 Å². The molecule has 136 valence electrons. The van der Waals surface area contributed by atoms with E-state index in [0.717, 1.165) is 23.6 Å². The number of alkyl halides is 3. The molecule has 1 aromatic heterocycles. The Bertz CT molecular complexity index is 721. The zero-order valence-corrected chi connectivity index (χ0v) is 14.2. The normalized spacial score (nSPS) is 12.9. The van der Waals surface area contributed by atoms with Gasteiger partial charge in [-0.2, -0.15) is 13.2 Å². The molecule has 0 aliphatic rings. The maximum absolute atomic E-state index is 12.7. The maximum atomic E-state index is 12.7. The van der Waals surface area contributed by atoms with E-state index < -0.39 is 11.7 Å². The quantitative estimate of drug-likeness (QED) is 0.827. The Balaban J connectivity index is 1.85. The molecule has 1 heterocycles. The number of rotatable bonds is 6. The van der Waals surface area contributed by atoms with Crippen LogP contribution in [0.4, 0.5) is 18.9 Å². The number of amides is 1. The molecule has 2 N–H and O–H groups in total. The van der Waals surface area contributed by atoms with Crippen molar-refractivity contribution in [2.24, 2.45) is 0 Å². The van der Waals surface area contributed by atoms with E-state index in [0.29, 0.717) is 12.4 Å². The van der Waals surface area contributed by atoms with E-state index in [1.54, 1.807) is 6.92 Å². The lowest BCUT2D eigenvalue weighted by Crippen LogP contribution is -2.30. The highest BCUT2D eigenvalue weighted by molar-refractivity contribution is 5.91.